The fourth-order valence-electron chi connectivity index (χ4n) is 1.58. The Bertz CT molecular complexity index is 434. The molecule has 1 nitrogen and oxygen atoms in total. The first-order valence-corrected chi connectivity index (χ1v) is 4.94. The third-order valence-corrected chi connectivity index (χ3v) is 2.47. The van der Waals surface area contributed by atoms with E-state index < -0.39 is 0 Å². The summed E-state index contributed by atoms with van der Waals surface area (Å²) in [5, 5.41) is 11.2. The Labute approximate surface area is 90.0 Å². The van der Waals surface area contributed by atoms with Crippen LogP contribution >= 0.6 is 0 Å². The molecule has 0 N–H and O–H groups in total. The van der Waals surface area contributed by atoms with Crippen LogP contribution in [0.4, 0.5) is 0 Å². The molecule has 0 saturated heterocycles. The Hall–Kier alpha value is -1.89. The maximum absolute atomic E-state index is 11.2. The van der Waals surface area contributed by atoms with Gasteiger partial charge in [-0.1, -0.05) is 11.8 Å². The molecule has 2 aromatic carbocycles. The molecule has 2 aromatic rings. The third kappa shape index (κ3) is 2.13. The van der Waals surface area contributed by atoms with Crippen LogP contribution in [0.2, 0.25) is 0 Å². The van der Waals surface area contributed by atoms with E-state index in [1.807, 2.05) is 43.3 Å². The zero-order valence-corrected chi connectivity index (χ0v) is 8.60. The van der Waals surface area contributed by atoms with Crippen molar-refractivity contribution in [1.29, 1.82) is 0 Å². The topological polar surface area (TPSA) is 23.1 Å². The molecule has 0 fully saturated rings. The maximum atomic E-state index is 11.2. The van der Waals surface area contributed by atoms with Gasteiger partial charge in [-0.3, -0.25) is 0 Å². The third-order valence-electron chi connectivity index (χ3n) is 2.47. The number of rotatable bonds is 2. The SMILES string of the molecule is C[C+](c1ccccc1)c1cccc([O-])c1. The van der Waals surface area contributed by atoms with Gasteiger partial charge in [-0.2, -0.15) is 0 Å². The molecule has 0 aliphatic heterocycles. The van der Waals surface area contributed by atoms with Gasteiger partial charge in [0.15, 0.2) is 0 Å². The second kappa shape index (κ2) is 4.09. The molecular weight excluding hydrogens is 184 g/mol. The van der Waals surface area contributed by atoms with Crippen LogP contribution in [0.1, 0.15) is 18.1 Å². The first kappa shape index (κ1) is 9.66. The zero-order chi connectivity index (χ0) is 10.7. The summed E-state index contributed by atoms with van der Waals surface area (Å²) >= 11 is 0. The van der Waals surface area contributed by atoms with Gasteiger partial charge in [0, 0.05) is 24.1 Å². The van der Waals surface area contributed by atoms with Crippen LogP contribution in [0.15, 0.2) is 54.6 Å². The van der Waals surface area contributed by atoms with Gasteiger partial charge in [-0.05, 0) is 37.3 Å². The lowest BCUT2D eigenvalue weighted by atomic mass is 9.93. The van der Waals surface area contributed by atoms with E-state index in [1.165, 1.54) is 0 Å². The first-order valence-electron chi connectivity index (χ1n) is 4.94. The predicted octanol–water partition coefficient (Wildman–Crippen LogP) is 2.75. The number of hydrogen-bond donors (Lipinski definition) is 0. The largest absolute Gasteiger partial charge is 0.866 e. The summed E-state index contributed by atoms with van der Waals surface area (Å²) in [5.74, 6) is 1.19. The van der Waals surface area contributed by atoms with E-state index in [0.29, 0.717) is 0 Å². The second-order valence-electron chi connectivity index (χ2n) is 3.52. The van der Waals surface area contributed by atoms with E-state index in [-0.39, 0.29) is 5.75 Å². The van der Waals surface area contributed by atoms with Crippen LogP contribution in [0.25, 0.3) is 0 Å². The lowest BCUT2D eigenvalue weighted by Crippen LogP contribution is -1.98. The standard InChI is InChI=1S/C14H12O/c1-11(12-6-3-2-4-7-12)13-8-5-9-14(15)10-13/h2-10H,1H3. The molecule has 0 spiro atoms. The van der Waals surface area contributed by atoms with E-state index in [0.717, 1.165) is 17.0 Å². The van der Waals surface area contributed by atoms with E-state index >= 15 is 0 Å². The second-order valence-corrected chi connectivity index (χ2v) is 3.52. The van der Waals surface area contributed by atoms with Gasteiger partial charge in [0.25, 0.3) is 0 Å². The predicted molar refractivity (Wildman–Crippen MR) is 59.5 cm³/mol. The van der Waals surface area contributed by atoms with Crippen molar-refractivity contribution >= 4 is 0 Å². The van der Waals surface area contributed by atoms with Crippen LogP contribution in [0.5, 0.6) is 5.75 Å². The highest BCUT2D eigenvalue weighted by atomic mass is 16.3. The van der Waals surface area contributed by atoms with Crippen molar-refractivity contribution in [2.75, 3.05) is 0 Å². The normalized spacial score (nSPS) is 9.93. The highest BCUT2D eigenvalue weighted by molar-refractivity contribution is 5.46. The minimum atomic E-state index is 0.0581. The summed E-state index contributed by atoms with van der Waals surface area (Å²) in [6.07, 6.45) is 0. The monoisotopic (exact) mass is 196 g/mol. The minimum absolute atomic E-state index is 0.0581. The molecule has 1 heteroatoms. The van der Waals surface area contributed by atoms with Crippen molar-refractivity contribution in [1.82, 2.24) is 0 Å². The van der Waals surface area contributed by atoms with Gasteiger partial charge in [-0.15, -0.1) is 0 Å². The van der Waals surface area contributed by atoms with Gasteiger partial charge < -0.3 is 5.11 Å². The van der Waals surface area contributed by atoms with Gasteiger partial charge >= 0.3 is 0 Å². The molecular formula is C14H12O. The van der Waals surface area contributed by atoms with E-state index in [4.69, 9.17) is 0 Å². The highest BCUT2D eigenvalue weighted by Crippen LogP contribution is 2.24. The van der Waals surface area contributed by atoms with Gasteiger partial charge in [-0.25, -0.2) is 0 Å². The van der Waals surface area contributed by atoms with E-state index in [1.54, 1.807) is 18.2 Å². The number of benzene rings is 2. The smallest absolute Gasteiger partial charge is 0.0753 e. The molecule has 0 unspecified atom stereocenters. The number of hydrogen-bond acceptors (Lipinski definition) is 1. The Balaban J connectivity index is 2.32. The highest BCUT2D eigenvalue weighted by Gasteiger charge is 2.13. The molecule has 0 amide bonds. The average molecular weight is 196 g/mol. The molecule has 74 valence electrons. The Morgan fingerprint density at radius 3 is 2.20 bits per heavy atom. The van der Waals surface area contributed by atoms with Crippen molar-refractivity contribution in [3.05, 3.63) is 71.6 Å². The first-order chi connectivity index (χ1) is 7.27. The summed E-state index contributed by atoms with van der Waals surface area (Å²) in [6, 6.07) is 17.1. The van der Waals surface area contributed by atoms with E-state index in [9.17, 15) is 5.11 Å². The Morgan fingerprint density at radius 1 is 0.867 bits per heavy atom. The fraction of sp³-hybridized carbons (Fsp3) is 0.0714. The summed E-state index contributed by atoms with van der Waals surface area (Å²) in [4.78, 5) is 0. The Kier molecular flexibility index (Phi) is 2.64. The fourth-order valence-corrected chi connectivity index (χ4v) is 1.58. The van der Waals surface area contributed by atoms with Crippen LogP contribution in [0, 0.1) is 5.92 Å². The van der Waals surface area contributed by atoms with Gasteiger partial charge in [0.2, 0.25) is 0 Å². The quantitative estimate of drug-likeness (QED) is 0.677. The summed E-state index contributed by atoms with van der Waals surface area (Å²) < 4.78 is 0. The average Bonchev–Trinajstić information content (AvgIpc) is 2.29. The Morgan fingerprint density at radius 2 is 1.53 bits per heavy atom. The van der Waals surface area contributed by atoms with Crippen molar-refractivity contribution in [3.8, 4) is 5.75 Å². The molecule has 0 radical (unpaired) electrons. The molecule has 0 aromatic heterocycles. The molecule has 0 atom stereocenters. The van der Waals surface area contributed by atoms with Crippen molar-refractivity contribution < 1.29 is 5.11 Å². The summed E-state index contributed by atoms with van der Waals surface area (Å²) in [7, 11) is 0. The molecule has 0 bridgehead atoms. The molecule has 15 heavy (non-hydrogen) atoms. The molecule has 2 rings (SSSR count). The van der Waals surface area contributed by atoms with Gasteiger partial charge in [0.05, 0.1) is 11.1 Å². The van der Waals surface area contributed by atoms with Crippen LogP contribution in [-0.2, 0) is 0 Å². The summed E-state index contributed by atoms with van der Waals surface area (Å²) in [6.45, 7) is 2.03. The lowest BCUT2D eigenvalue weighted by Gasteiger charge is -2.08. The minimum Gasteiger partial charge on any atom is -0.866 e. The zero-order valence-electron chi connectivity index (χ0n) is 8.60. The molecule has 0 aliphatic rings. The molecule has 0 heterocycles. The van der Waals surface area contributed by atoms with Crippen molar-refractivity contribution in [3.63, 3.8) is 0 Å². The van der Waals surface area contributed by atoms with Crippen LogP contribution in [0.3, 0.4) is 0 Å². The lowest BCUT2D eigenvalue weighted by molar-refractivity contribution is -0.268. The molecule has 0 aliphatic carbocycles. The molecule has 0 saturated carbocycles. The van der Waals surface area contributed by atoms with Crippen molar-refractivity contribution in [2.24, 2.45) is 0 Å². The maximum Gasteiger partial charge on any atom is 0.0753 e. The van der Waals surface area contributed by atoms with E-state index in [2.05, 4.69) is 0 Å². The van der Waals surface area contributed by atoms with Crippen LogP contribution in [-0.4, -0.2) is 0 Å². The van der Waals surface area contributed by atoms with Crippen molar-refractivity contribution in [2.45, 2.75) is 6.92 Å². The summed E-state index contributed by atoms with van der Waals surface area (Å²) in [5.41, 5.74) is 2.15. The van der Waals surface area contributed by atoms with Crippen LogP contribution < -0.4 is 5.11 Å². The van der Waals surface area contributed by atoms with Gasteiger partial charge in [0.1, 0.15) is 0 Å².